The number of ether oxygens (including phenoxy) is 1. The fraction of sp³-hybridized carbons (Fsp3) is 0.300. The van der Waals surface area contributed by atoms with Gasteiger partial charge in [-0.25, -0.2) is 4.99 Å². The first-order valence-electron chi connectivity index (χ1n) is 4.45. The van der Waals surface area contributed by atoms with Gasteiger partial charge in [-0.1, -0.05) is 41.2 Å². The number of aryl methyl sites for hydroxylation is 1. The van der Waals surface area contributed by atoms with E-state index in [1.54, 1.807) is 23.5 Å². The van der Waals surface area contributed by atoms with Gasteiger partial charge in [0.05, 0.1) is 5.08 Å². The Kier molecular flexibility index (Phi) is 3.83. The van der Waals surface area contributed by atoms with Crippen LogP contribution < -0.4 is 4.74 Å². The van der Waals surface area contributed by atoms with Gasteiger partial charge in [0.15, 0.2) is 6.73 Å². The van der Waals surface area contributed by atoms with Gasteiger partial charge in [0, 0.05) is 5.02 Å². The van der Waals surface area contributed by atoms with Crippen molar-refractivity contribution in [1.29, 1.82) is 0 Å². The number of rotatable bonds is 3. The van der Waals surface area contributed by atoms with Crippen LogP contribution in [0.5, 0.6) is 5.75 Å². The second kappa shape index (κ2) is 5.14. The highest BCUT2D eigenvalue weighted by Crippen LogP contribution is 2.32. The smallest absolute Gasteiger partial charge is 0.181 e. The van der Waals surface area contributed by atoms with Crippen LogP contribution >= 0.6 is 35.1 Å². The van der Waals surface area contributed by atoms with E-state index < -0.39 is 0 Å². The Hall–Kier alpha value is -0.320. The van der Waals surface area contributed by atoms with E-state index >= 15 is 0 Å². The zero-order valence-corrected chi connectivity index (χ0v) is 10.6. The van der Waals surface area contributed by atoms with Crippen LogP contribution in [0.2, 0.25) is 5.02 Å². The molecule has 5 heteroatoms. The van der Waals surface area contributed by atoms with E-state index in [0.29, 0.717) is 11.8 Å². The molecule has 2 nitrogen and oxygen atoms in total. The SMILES string of the molecule is Cc1ccc(Cl)cc1OCN=C1SCS1. The highest BCUT2D eigenvalue weighted by molar-refractivity contribution is 8.52. The second-order valence-electron chi connectivity index (χ2n) is 3.01. The number of aliphatic imine (C=N–C) groups is 1. The summed E-state index contributed by atoms with van der Waals surface area (Å²) in [4.78, 5) is 4.27. The van der Waals surface area contributed by atoms with E-state index in [1.807, 2.05) is 25.1 Å². The van der Waals surface area contributed by atoms with Crippen molar-refractivity contribution in [3.05, 3.63) is 28.8 Å². The molecule has 0 aromatic heterocycles. The van der Waals surface area contributed by atoms with Crippen LogP contribution in [-0.4, -0.2) is 16.2 Å². The molecule has 0 atom stereocenters. The maximum absolute atomic E-state index is 5.87. The number of hydrogen-bond acceptors (Lipinski definition) is 4. The molecule has 80 valence electrons. The molecule has 15 heavy (non-hydrogen) atoms. The molecule has 1 saturated heterocycles. The van der Waals surface area contributed by atoms with Gasteiger partial charge in [-0.3, -0.25) is 0 Å². The molecule has 2 rings (SSSR count). The lowest BCUT2D eigenvalue weighted by Gasteiger charge is -2.13. The van der Waals surface area contributed by atoms with E-state index in [2.05, 4.69) is 4.99 Å². The van der Waals surface area contributed by atoms with Gasteiger partial charge in [0.2, 0.25) is 0 Å². The lowest BCUT2D eigenvalue weighted by atomic mass is 10.2. The summed E-state index contributed by atoms with van der Waals surface area (Å²) >= 11 is 9.38. The summed E-state index contributed by atoms with van der Waals surface area (Å²) in [7, 11) is 0. The van der Waals surface area contributed by atoms with Crippen molar-refractivity contribution in [3.63, 3.8) is 0 Å². The first kappa shape index (κ1) is 11.2. The maximum atomic E-state index is 5.87. The highest BCUT2D eigenvalue weighted by Gasteiger charge is 2.11. The quantitative estimate of drug-likeness (QED) is 0.825. The van der Waals surface area contributed by atoms with Gasteiger partial charge >= 0.3 is 0 Å². The average molecular weight is 260 g/mol. The van der Waals surface area contributed by atoms with Gasteiger partial charge in [-0.15, -0.1) is 0 Å². The Labute approximate surface area is 102 Å². The molecule has 1 aromatic carbocycles. The molecule has 1 fully saturated rings. The maximum Gasteiger partial charge on any atom is 0.181 e. The summed E-state index contributed by atoms with van der Waals surface area (Å²) in [6.07, 6.45) is 0. The summed E-state index contributed by atoms with van der Waals surface area (Å²) < 4.78 is 6.63. The Morgan fingerprint density at radius 2 is 2.27 bits per heavy atom. The van der Waals surface area contributed by atoms with Gasteiger partial charge < -0.3 is 4.74 Å². The summed E-state index contributed by atoms with van der Waals surface area (Å²) in [6, 6.07) is 5.61. The molecule has 0 spiro atoms. The largest absolute Gasteiger partial charge is 0.471 e. The van der Waals surface area contributed by atoms with Crippen molar-refractivity contribution in [1.82, 2.24) is 0 Å². The van der Waals surface area contributed by atoms with Crippen LogP contribution in [0, 0.1) is 6.92 Å². The summed E-state index contributed by atoms with van der Waals surface area (Å²) in [6.45, 7) is 2.36. The predicted molar refractivity (Wildman–Crippen MR) is 69.2 cm³/mol. The van der Waals surface area contributed by atoms with Crippen molar-refractivity contribution in [3.8, 4) is 5.75 Å². The third-order valence-corrected chi connectivity index (χ3v) is 4.57. The number of halogens is 1. The lowest BCUT2D eigenvalue weighted by molar-refractivity contribution is 0.330. The van der Waals surface area contributed by atoms with Crippen LogP contribution in [-0.2, 0) is 0 Å². The molecular weight excluding hydrogens is 250 g/mol. The van der Waals surface area contributed by atoms with E-state index in [9.17, 15) is 0 Å². The van der Waals surface area contributed by atoms with Crippen molar-refractivity contribution < 1.29 is 4.74 Å². The molecule has 0 bridgehead atoms. The molecule has 0 amide bonds. The first-order chi connectivity index (χ1) is 7.25. The molecule has 1 heterocycles. The normalized spacial score (nSPS) is 14.7. The minimum atomic E-state index is 0.372. The number of benzene rings is 1. The van der Waals surface area contributed by atoms with E-state index in [1.165, 1.54) is 0 Å². The number of nitrogens with zero attached hydrogens (tertiary/aromatic N) is 1. The van der Waals surface area contributed by atoms with Gasteiger partial charge in [-0.05, 0) is 24.6 Å². The molecule has 0 radical (unpaired) electrons. The van der Waals surface area contributed by atoms with Gasteiger partial charge in [-0.2, -0.15) is 0 Å². The summed E-state index contributed by atoms with van der Waals surface area (Å²) in [5.41, 5.74) is 1.08. The van der Waals surface area contributed by atoms with Gasteiger partial charge in [0.25, 0.3) is 0 Å². The molecule has 0 N–H and O–H groups in total. The molecule has 1 aliphatic rings. The minimum Gasteiger partial charge on any atom is -0.471 e. The topological polar surface area (TPSA) is 21.6 Å². The molecule has 0 unspecified atom stereocenters. The standard InChI is InChI=1S/C10H10ClNOS2/c1-7-2-3-8(11)4-9(7)13-5-12-10-14-6-15-10/h2-4H,5-6H2,1H3. The molecule has 0 aliphatic carbocycles. The monoisotopic (exact) mass is 259 g/mol. The number of thioether (sulfide) groups is 2. The van der Waals surface area contributed by atoms with E-state index in [0.717, 1.165) is 20.8 Å². The fourth-order valence-electron chi connectivity index (χ4n) is 1.09. The van der Waals surface area contributed by atoms with Crippen molar-refractivity contribution in [2.45, 2.75) is 6.92 Å². The molecular formula is C10H10ClNOS2. The fourth-order valence-corrected chi connectivity index (χ4v) is 2.43. The third kappa shape index (κ3) is 3.06. The highest BCUT2D eigenvalue weighted by atomic mass is 35.5. The van der Waals surface area contributed by atoms with Crippen LogP contribution in [0.15, 0.2) is 23.2 Å². The second-order valence-corrected chi connectivity index (χ2v) is 6.00. The van der Waals surface area contributed by atoms with Crippen LogP contribution in [0.1, 0.15) is 5.56 Å². The zero-order chi connectivity index (χ0) is 10.7. The Morgan fingerprint density at radius 1 is 1.47 bits per heavy atom. The minimum absolute atomic E-state index is 0.372. The zero-order valence-electron chi connectivity index (χ0n) is 8.20. The first-order valence-corrected chi connectivity index (χ1v) is 6.79. The molecule has 1 aromatic rings. The van der Waals surface area contributed by atoms with Crippen molar-refractivity contribution >= 4 is 39.5 Å². The summed E-state index contributed by atoms with van der Waals surface area (Å²) in [5, 5.41) is 1.80. The predicted octanol–water partition coefficient (Wildman–Crippen LogP) is 3.78. The van der Waals surface area contributed by atoms with Crippen LogP contribution in [0.4, 0.5) is 0 Å². The Morgan fingerprint density at radius 3 is 2.93 bits per heavy atom. The average Bonchev–Trinajstić information content (AvgIpc) is 2.15. The van der Waals surface area contributed by atoms with E-state index in [-0.39, 0.29) is 0 Å². The Balaban J connectivity index is 1.94. The summed E-state index contributed by atoms with van der Waals surface area (Å²) in [5.74, 6) is 0.807. The van der Waals surface area contributed by atoms with Crippen LogP contribution in [0.3, 0.4) is 0 Å². The Bertz CT molecular complexity index is 389. The van der Waals surface area contributed by atoms with Crippen molar-refractivity contribution in [2.75, 3.05) is 11.8 Å². The number of hydrogen-bond donors (Lipinski definition) is 0. The lowest BCUT2D eigenvalue weighted by Crippen LogP contribution is -2.03. The molecule has 1 aliphatic heterocycles. The van der Waals surface area contributed by atoms with Crippen LogP contribution in [0.25, 0.3) is 0 Å². The van der Waals surface area contributed by atoms with E-state index in [4.69, 9.17) is 16.3 Å². The van der Waals surface area contributed by atoms with Crippen molar-refractivity contribution in [2.24, 2.45) is 4.99 Å². The van der Waals surface area contributed by atoms with Gasteiger partial charge in [0.1, 0.15) is 10.1 Å². The third-order valence-electron chi connectivity index (χ3n) is 1.93. The molecule has 0 saturated carbocycles.